The second-order valence-corrected chi connectivity index (χ2v) is 6.92. The lowest BCUT2D eigenvalue weighted by molar-refractivity contribution is 0.302. The van der Waals surface area contributed by atoms with Crippen LogP contribution in [0.1, 0.15) is 37.3 Å². The van der Waals surface area contributed by atoms with Gasteiger partial charge in [0.1, 0.15) is 18.2 Å². The van der Waals surface area contributed by atoms with E-state index in [1.165, 1.54) is 24.1 Å². The standard InChI is InChI=1S/C22H29FN2O/c1-3-25(4-2)13-12-24-22-15-21(22)18-8-10-20(11-9-18)26-16-17-6-5-7-19(23)14-17/h5-11,14,21-22,24H,3-4,12-13,15-16H2,1-2H3. The van der Waals surface area contributed by atoms with Crippen LogP contribution in [0.25, 0.3) is 0 Å². The van der Waals surface area contributed by atoms with Crippen molar-refractivity contribution in [2.75, 3.05) is 26.2 Å². The van der Waals surface area contributed by atoms with E-state index in [1.54, 1.807) is 6.07 Å². The van der Waals surface area contributed by atoms with Gasteiger partial charge in [0.05, 0.1) is 0 Å². The summed E-state index contributed by atoms with van der Waals surface area (Å²) in [4.78, 5) is 2.44. The summed E-state index contributed by atoms with van der Waals surface area (Å²) in [6, 6.07) is 15.5. The van der Waals surface area contributed by atoms with Crippen LogP contribution < -0.4 is 10.1 Å². The molecule has 2 atom stereocenters. The minimum absolute atomic E-state index is 0.227. The van der Waals surface area contributed by atoms with Crippen molar-refractivity contribution < 1.29 is 9.13 Å². The number of hydrogen-bond acceptors (Lipinski definition) is 3. The molecule has 1 fully saturated rings. The molecular formula is C22H29FN2O. The van der Waals surface area contributed by atoms with Gasteiger partial charge in [0.25, 0.3) is 0 Å². The van der Waals surface area contributed by atoms with Gasteiger partial charge in [-0.3, -0.25) is 0 Å². The molecule has 0 saturated heterocycles. The molecule has 0 spiro atoms. The first kappa shape index (κ1) is 18.9. The van der Waals surface area contributed by atoms with Crippen LogP contribution in [-0.2, 0) is 6.61 Å². The predicted octanol–water partition coefficient (Wildman–Crippen LogP) is 4.19. The van der Waals surface area contributed by atoms with Gasteiger partial charge in [-0.1, -0.05) is 38.1 Å². The largest absolute Gasteiger partial charge is 0.489 e. The fourth-order valence-corrected chi connectivity index (χ4v) is 3.34. The van der Waals surface area contributed by atoms with Gasteiger partial charge < -0.3 is 15.0 Å². The number of halogens is 1. The van der Waals surface area contributed by atoms with Gasteiger partial charge in [0, 0.05) is 25.0 Å². The van der Waals surface area contributed by atoms with Gasteiger partial charge in [0.2, 0.25) is 0 Å². The quantitative estimate of drug-likeness (QED) is 0.691. The molecule has 1 saturated carbocycles. The van der Waals surface area contributed by atoms with Crippen LogP contribution in [0.4, 0.5) is 4.39 Å². The molecule has 26 heavy (non-hydrogen) atoms. The molecule has 0 bridgehead atoms. The highest BCUT2D eigenvalue weighted by Crippen LogP contribution is 2.41. The summed E-state index contributed by atoms with van der Waals surface area (Å²) < 4.78 is 18.9. The average molecular weight is 356 g/mol. The lowest BCUT2D eigenvalue weighted by Gasteiger charge is -2.18. The van der Waals surface area contributed by atoms with Gasteiger partial charge in [-0.2, -0.15) is 0 Å². The molecule has 0 radical (unpaired) electrons. The predicted molar refractivity (Wildman–Crippen MR) is 104 cm³/mol. The summed E-state index contributed by atoms with van der Waals surface area (Å²) in [5.74, 6) is 1.21. The van der Waals surface area contributed by atoms with Crippen LogP contribution in [0.5, 0.6) is 5.75 Å². The minimum atomic E-state index is -0.227. The van der Waals surface area contributed by atoms with Gasteiger partial charge in [-0.25, -0.2) is 4.39 Å². The lowest BCUT2D eigenvalue weighted by atomic mass is 10.1. The molecule has 3 nitrogen and oxygen atoms in total. The molecule has 0 aromatic heterocycles. The fraction of sp³-hybridized carbons (Fsp3) is 0.455. The van der Waals surface area contributed by atoms with E-state index in [1.807, 2.05) is 18.2 Å². The van der Waals surface area contributed by atoms with Crippen LogP contribution in [0.15, 0.2) is 48.5 Å². The van der Waals surface area contributed by atoms with Crippen molar-refractivity contribution in [3.05, 3.63) is 65.5 Å². The molecule has 0 heterocycles. The molecular weight excluding hydrogens is 327 g/mol. The van der Waals surface area contributed by atoms with E-state index in [0.29, 0.717) is 18.6 Å². The van der Waals surface area contributed by atoms with Crippen molar-refractivity contribution in [2.24, 2.45) is 0 Å². The van der Waals surface area contributed by atoms with Crippen molar-refractivity contribution in [1.82, 2.24) is 10.2 Å². The summed E-state index contributed by atoms with van der Waals surface area (Å²) in [7, 11) is 0. The summed E-state index contributed by atoms with van der Waals surface area (Å²) in [6.45, 7) is 9.20. The van der Waals surface area contributed by atoms with Crippen molar-refractivity contribution in [3.8, 4) is 5.75 Å². The number of nitrogens with one attached hydrogen (secondary N) is 1. The van der Waals surface area contributed by atoms with Gasteiger partial charge in [-0.15, -0.1) is 0 Å². The first-order chi connectivity index (χ1) is 12.7. The highest BCUT2D eigenvalue weighted by Gasteiger charge is 2.37. The Labute approximate surface area is 156 Å². The first-order valence-corrected chi connectivity index (χ1v) is 9.62. The Morgan fingerprint density at radius 1 is 1.12 bits per heavy atom. The lowest BCUT2D eigenvalue weighted by Crippen LogP contribution is -2.33. The maximum atomic E-state index is 13.2. The van der Waals surface area contributed by atoms with Crippen LogP contribution in [0, 0.1) is 5.82 Å². The average Bonchev–Trinajstić information content (AvgIpc) is 3.44. The van der Waals surface area contributed by atoms with Gasteiger partial charge in [0.15, 0.2) is 0 Å². The molecule has 140 valence electrons. The Hall–Kier alpha value is -1.91. The van der Waals surface area contributed by atoms with Crippen molar-refractivity contribution in [3.63, 3.8) is 0 Å². The molecule has 1 aliphatic carbocycles. The SMILES string of the molecule is CCN(CC)CCNC1CC1c1ccc(OCc2cccc(F)c2)cc1. The zero-order valence-electron chi connectivity index (χ0n) is 15.7. The Kier molecular flexibility index (Phi) is 6.64. The fourth-order valence-electron chi connectivity index (χ4n) is 3.34. The monoisotopic (exact) mass is 356 g/mol. The van der Waals surface area contributed by atoms with E-state index in [2.05, 4.69) is 36.2 Å². The number of nitrogens with zero attached hydrogens (tertiary/aromatic N) is 1. The second kappa shape index (κ2) is 9.15. The zero-order chi connectivity index (χ0) is 18.4. The van der Waals surface area contributed by atoms with Crippen LogP contribution in [0.3, 0.4) is 0 Å². The smallest absolute Gasteiger partial charge is 0.123 e. The Morgan fingerprint density at radius 3 is 2.58 bits per heavy atom. The topological polar surface area (TPSA) is 24.5 Å². The number of likely N-dealkylation sites (N-methyl/N-ethyl adjacent to an activating group) is 1. The molecule has 0 aliphatic heterocycles. The van der Waals surface area contributed by atoms with E-state index in [-0.39, 0.29) is 5.82 Å². The van der Waals surface area contributed by atoms with Crippen LogP contribution in [0.2, 0.25) is 0 Å². The van der Waals surface area contributed by atoms with Gasteiger partial charge >= 0.3 is 0 Å². The van der Waals surface area contributed by atoms with E-state index in [4.69, 9.17) is 4.74 Å². The normalized spacial score (nSPS) is 18.9. The molecule has 3 rings (SSSR count). The van der Waals surface area contributed by atoms with Gasteiger partial charge in [-0.05, 0) is 54.9 Å². The molecule has 4 heteroatoms. The van der Waals surface area contributed by atoms with Crippen molar-refractivity contribution in [2.45, 2.75) is 38.8 Å². The molecule has 0 amide bonds. The van der Waals surface area contributed by atoms with E-state index < -0.39 is 0 Å². The number of ether oxygens (including phenoxy) is 1. The Morgan fingerprint density at radius 2 is 1.88 bits per heavy atom. The van der Waals surface area contributed by atoms with E-state index in [0.717, 1.165) is 37.5 Å². The van der Waals surface area contributed by atoms with E-state index >= 15 is 0 Å². The molecule has 2 aromatic carbocycles. The number of benzene rings is 2. The second-order valence-electron chi connectivity index (χ2n) is 6.92. The zero-order valence-corrected chi connectivity index (χ0v) is 15.7. The summed E-state index contributed by atoms with van der Waals surface area (Å²) >= 11 is 0. The van der Waals surface area contributed by atoms with Crippen LogP contribution in [-0.4, -0.2) is 37.1 Å². The Balaban J connectivity index is 1.42. The number of rotatable bonds is 10. The van der Waals surface area contributed by atoms with Crippen LogP contribution >= 0.6 is 0 Å². The summed E-state index contributed by atoms with van der Waals surface area (Å²) in [5.41, 5.74) is 2.21. The Bertz CT molecular complexity index is 685. The van der Waals surface area contributed by atoms with E-state index in [9.17, 15) is 4.39 Å². The maximum Gasteiger partial charge on any atom is 0.123 e. The number of hydrogen-bond donors (Lipinski definition) is 1. The molecule has 1 aliphatic rings. The highest BCUT2D eigenvalue weighted by molar-refractivity contribution is 5.34. The van der Waals surface area contributed by atoms with Crippen molar-refractivity contribution in [1.29, 1.82) is 0 Å². The maximum absolute atomic E-state index is 13.2. The first-order valence-electron chi connectivity index (χ1n) is 9.62. The third-order valence-corrected chi connectivity index (χ3v) is 5.12. The molecule has 1 N–H and O–H groups in total. The molecule has 2 unspecified atom stereocenters. The third-order valence-electron chi connectivity index (χ3n) is 5.12. The summed E-state index contributed by atoms with van der Waals surface area (Å²) in [6.07, 6.45) is 1.21. The summed E-state index contributed by atoms with van der Waals surface area (Å²) in [5, 5.41) is 3.66. The molecule has 2 aromatic rings. The van der Waals surface area contributed by atoms with Crippen molar-refractivity contribution >= 4 is 0 Å². The highest BCUT2D eigenvalue weighted by atomic mass is 19.1. The third kappa shape index (κ3) is 5.29. The minimum Gasteiger partial charge on any atom is -0.489 e.